The summed E-state index contributed by atoms with van der Waals surface area (Å²) in [5.41, 5.74) is 2.78. The standard InChI is InChI=1S/C30H19Cl2FN2O3S2/c31-24-13-8-18(14-25(24)32)17-38-26-7-2-1-4-19(26)16-27-29(37)35(30(39)40-27)23-6-3-5-20(15-23)28(36)34-22-11-9-21(33)10-12-22/h1-16H,17H2,(H,34,36)/b27-16+. The molecular weight excluding hydrogens is 590 g/mol. The second-order valence-corrected chi connectivity index (χ2v) is 11.1. The summed E-state index contributed by atoms with van der Waals surface area (Å²) in [5, 5.41) is 3.62. The third kappa shape index (κ3) is 6.37. The molecule has 2 amide bonds. The number of para-hydroxylation sites is 1. The van der Waals surface area contributed by atoms with Gasteiger partial charge in [0.05, 0.1) is 20.6 Å². The normalized spacial score (nSPS) is 14.1. The number of thiocarbonyl (C=S) groups is 1. The molecule has 0 unspecified atom stereocenters. The Morgan fingerprint density at radius 1 is 0.975 bits per heavy atom. The first-order valence-corrected chi connectivity index (χ1v) is 13.9. The van der Waals surface area contributed by atoms with Gasteiger partial charge in [0.15, 0.2) is 4.32 Å². The lowest BCUT2D eigenvalue weighted by Crippen LogP contribution is -2.27. The van der Waals surface area contributed by atoms with E-state index in [1.54, 1.807) is 42.5 Å². The fraction of sp³-hybridized carbons (Fsp3) is 0.0333. The summed E-state index contributed by atoms with van der Waals surface area (Å²) in [6, 6.07) is 24.7. The largest absolute Gasteiger partial charge is 0.488 e. The third-order valence-electron chi connectivity index (χ3n) is 5.85. The van der Waals surface area contributed by atoms with Crippen molar-refractivity contribution >= 4 is 80.8 Å². The van der Waals surface area contributed by atoms with Gasteiger partial charge in [-0.15, -0.1) is 0 Å². The lowest BCUT2D eigenvalue weighted by Gasteiger charge is -2.15. The number of anilines is 2. The number of rotatable bonds is 7. The van der Waals surface area contributed by atoms with Gasteiger partial charge in [0.1, 0.15) is 18.2 Å². The monoisotopic (exact) mass is 608 g/mol. The zero-order valence-electron chi connectivity index (χ0n) is 20.6. The molecule has 5 rings (SSSR count). The number of nitrogens with one attached hydrogen (secondary N) is 1. The average Bonchev–Trinajstić information content (AvgIpc) is 3.23. The highest BCUT2D eigenvalue weighted by Gasteiger charge is 2.33. The maximum Gasteiger partial charge on any atom is 0.270 e. The van der Waals surface area contributed by atoms with Crippen LogP contribution in [0.1, 0.15) is 21.5 Å². The Hall–Kier alpha value is -3.69. The van der Waals surface area contributed by atoms with E-state index in [-0.39, 0.29) is 12.5 Å². The van der Waals surface area contributed by atoms with E-state index in [1.165, 1.54) is 29.2 Å². The van der Waals surface area contributed by atoms with E-state index in [4.69, 9.17) is 40.2 Å². The number of hydrogen-bond acceptors (Lipinski definition) is 5. The number of ether oxygens (including phenoxy) is 1. The summed E-state index contributed by atoms with van der Waals surface area (Å²) in [5.74, 6) is -0.533. The Bertz CT molecular complexity index is 1660. The van der Waals surface area contributed by atoms with E-state index in [9.17, 15) is 14.0 Å². The van der Waals surface area contributed by atoms with Gasteiger partial charge in [-0.05, 0) is 72.3 Å². The zero-order chi connectivity index (χ0) is 28.2. The lowest BCUT2D eigenvalue weighted by atomic mass is 10.1. The number of benzene rings is 4. The molecule has 1 heterocycles. The minimum absolute atomic E-state index is 0.259. The molecule has 0 spiro atoms. The van der Waals surface area contributed by atoms with Gasteiger partial charge in [-0.2, -0.15) is 0 Å². The van der Waals surface area contributed by atoms with Crippen LogP contribution in [0.5, 0.6) is 5.75 Å². The summed E-state index contributed by atoms with van der Waals surface area (Å²) in [7, 11) is 0. The predicted molar refractivity (Wildman–Crippen MR) is 164 cm³/mol. The van der Waals surface area contributed by atoms with Crippen molar-refractivity contribution in [2.75, 3.05) is 10.2 Å². The lowest BCUT2D eigenvalue weighted by molar-refractivity contribution is -0.113. The molecule has 1 aliphatic heterocycles. The van der Waals surface area contributed by atoms with Gasteiger partial charge in [0.25, 0.3) is 11.8 Å². The molecule has 5 nitrogen and oxygen atoms in total. The van der Waals surface area contributed by atoms with Crippen LogP contribution in [0.15, 0.2) is 95.9 Å². The highest BCUT2D eigenvalue weighted by atomic mass is 35.5. The third-order valence-corrected chi connectivity index (χ3v) is 7.89. The molecular formula is C30H19Cl2FN2O3S2. The van der Waals surface area contributed by atoms with Crippen molar-refractivity contribution in [1.29, 1.82) is 0 Å². The molecule has 0 saturated carbocycles. The Labute approximate surface area is 249 Å². The minimum atomic E-state index is -0.400. The van der Waals surface area contributed by atoms with Crippen LogP contribution < -0.4 is 15.0 Å². The van der Waals surface area contributed by atoms with Crippen molar-refractivity contribution in [3.63, 3.8) is 0 Å². The first-order valence-electron chi connectivity index (χ1n) is 11.9. The maximum atomic E-state index is 13.4. The van der Waals surface area contributed by atoms with Crippen molar-refractivity contribution in [3.05, 3.63) is 128 Å². The fourth-order valence-corrected chi connectivity index (χ4v) is 5.49. The van der Waals surface area contributed by atoms with E-state index in [2.05, 4.69) is 5.32 Å². The van der Waals surface area contributed by atoms with Crippen LogP contribution in [0.4, 0.5) is 15.8 Å². The molecule has 0 bridgehead atoms. The molecule has 1 aliphatic rings. The van der Waals surface area contributed by atoms with E-state index in [0.717, 1.165) is 17.3 Å². The van der Waals surface area contributed by atoms with Crippen molar-refractivity contribution < 1.29 is 18.7 Å². The van der Waals surface area contributed by atoms with Crippen LogP contribution in [0.25, 0.3) is 6.08 Å². The van der Waals surface area contributed by atoms with Crippen LogP contribution >= 0.6 is 47.2 Å². The average molecular weight is 610 g/mol. The Kier molecular flexibility index (Phi) is 8.52. The van der Waals surface area contributed by atoms with Crippen LogP contribution in [-0.4, -0.2) is 16.1 Å². The molecule has 4 aromatic carbocycles. The van der Waals surface area contributed by atoms with E-state index >= 15 is 0 Å². The topological polar surface area (TPSA) is 58.6 Å². The Morgan fingerprint density at radius 2 is 1.75 bits per heavy atom. The van der Waals surface area contributed by atoms with Crippen molar-refractivity contribution in [3.8, 4) is 5.75 Å². The van der Waals surface area contributed by atoms with E-state index < -0.39 is 11.7 Å². The quantitative estimate of drug-likeness (QED) is 0.169. The molecule has 4 aromatic rings. The van der Waals surface area contributed by atoms with Gasteiger partial charge in [-0.25, -0.2) is 4.39 Å². The summed E-state index contributed by atoms with van der Waals surface area (Å²) >= 11 is 18.8. The molecule has 200 valence electrons. The number of amides is 2. The van der Waals surface area contributed by atoms with E-state index in [0.29, 0.717) is 47.5 Å². The number of carbonyl (C=O) groups excluding carboxylic acids is 2. The van der Waals surface area contributed by atoms with Crippen LogP contribution in [0.3, 0.4) is 0 Å². The maximum absolute atomic E-state index is 13.4. The Balaban J connectivity index is 1.33. The smallest absolute Gasteiger partial charge is 0.270 e. The molecule has 1 saturated heterocycles. The Morgan fingerprint density at radius 3 is 2.52 bits per heavy atom. The van der Waals surface area contributed by atoms with Crippen LogP contribution in [0.2, 0.25) is 10.0 Å². The number of thioether (sulfide) groups is 1. The van der Waals surface area contributed by atoms with E-state index in [1.807, 2.05) is 30.3 Å². The number of halogens is 3. The molecule has 40 heavy (non-hydrogen) atoms. The van der Waals surface area contributed by atoms with Crippen LogP contribution in [-0.2, 0) is 11.4 Å². The van der Waals surface area contributed by atoms with Gasteiger partial charge in [0.2, 0.25) is 0 Å². The summed E-state index contributed by atoms with van der Waals surface area (Å²) < 4.78 is 19.5. The summed E-state index contributed by atoms with van der Waals surface area (Å²) in [6.45, 7) is 0.259. The molecule has 10 heteroatoms. The minimum Gasteiger partial charge on any atom is -0.488 e. The van der Waals surface area contributed by atoms with Crippen molar-refractivity contribution in [1.82, 2.24) is 0 Å². The van der Waals surface area contributed by atoms with Crippen molar-refractivity contribution in [2.45, 2.75) is 6.61 Å². The highest BCUT2D eigenvalue weighted by molar-refractivity contribution is 8.27. The van der Waals surface area contributed by atoms with Gasteiger partial charge < -0.3 is 10.1 Å². The SMILES string of the molecule is O=C(Nc1ccc(F)cc1)c1cccc(N2C(=O)/C(=C\c3ccccc3OCc3ccc(Cl)c(Cl)c3)SC2=S)c1. The summed E-state index contributed by atoms with van der Waals surface area (Å²) in [4.78, 5) is 28.0. The van der Waals surface area contributed by atoms with Gasteiger partial charge in [-0.1, -0.05) is 77.5 Å². The second-order valence-electron chi connectivity index (χ2n) is 8.60. The molecule has 0 aromatic heterocycles. The summed E-state index contributed by atoms with van der Waals surface area (Å²) in [6.07, 6.45) is 1.73. The fourth-order valence-electron chi connectivity index (χ4n) is 3.88. The van der Waals surface area contributed by atoms with Gasteiger partial charge in [0, 0.05) is 16.8 Å². The number of nitrogens with zero attached hydrogens (tertiary/aromatic N) is 1. The number of carbonyl (C=O) groups is 2. The second kappa shape index (κ2) is 12.2. The first-order chi connectivity index (χ1) is 19.3. The zero-order valence-corrected chi connectivity index (χ0v) is 23.7. The molecule has 1 fully saturated rings. The number of hydrogen-bond donors (Lipinski definition) is 1. The molecule has 0 radical (unpaired) electrons. The first kappa shape index (κ1) is 27.9. The van der Waals surface area contributed by atoms with Gasteiger partial charge in [-0.3, -0.25) is 14.5 Å². The molecule has 1 N–H and O–H groups in total. The van der Waals surface area contributed by atoms with Crippen LogP contribution in [0, 0.1) is 5.82 Å². The predicted octanol–water partition coefficient (Wildman–Crippen LogP) is 8.37. The highest BCUT2D eigenvalue weighted by Crippen LogP contribution is 2.37. The van der Waals surface area contributed by atoms with Crippen molar-refractivity contribution in [2.24, 2.45) is 0 Å². The molecule has 0 atom stereocenters. The van der Waals surface area contributed by atoms with Gasteiger partial charge >= 0.3 is 0 Å². The molecule has 0 aliphatic carbocycles.